The van der Waals surface area contributed by atoms with Crippen molar-refractivity contribution in [3.63, 3.8) is 0 Å². The van der Waals surface area contributed by atoms with Crippen LogP contribution < -0.4 is 10.6 Å². The second kappa shape index (κ2) is 10.2. The van der Waals surface area contributed by atoms with Crippen LogP contribution in [0.4, 0.5) is 10.1 Å². The van der Waals surface area contributed by atoms with Gasteiger partial charge in [0.25, 0.3) is 0 Å². The number of carbonyl (C=O) groups is 3. The van der Waals surface area contributed by atoms with Gasteiger partial charge in [-0.1, -0.05) is 43.1 Å². The number of hydrogen-bond acceptors (Lipinski definition) is 4. The van der Waals surface area contributed by atoms with Crippen molar-refractivity contribution in [3.8, 4) is 0 Å². The third-order valence-corrected chi connectivity index (χ3v) is 9.45. The van der Waals surface area contributed by atoms with Crippen LogP contribution in [0.5, 0.6) is 0 Å². The van der Waals surface area contributed by atoms with Crippen molar-refractivity contribution in [1.82, 2.24) is 10.2 Å². The van der Waals surface area contributed by atoms with Gasteiger partial charge in [0, 0.05) is 18.3 Å². The predicted octanol–water partition coefficient (Wildman–Crippen LogP) is 4.64. The molecule has 2 saturated heterocycles. The predicted molar refractivity (Wildman–Crippen MR) is 145 cm³/mol. The molecule has 1 aromatic carbocycles. The molecular formula is C31H38FN3O4. The van der Waals surface area contributed by atoms with Gasteiger partial charge >= 0.3 is 0 Å². The zero-order chi connectivity index (χ0) is 27.2. The number of fused-ring (bicyclic) bond motifs is 1. The zero-order valence-corrected chi connectivity index (χ0v) is 22.6. The summed E-state index contributed by atoms with van der Waals surface area (Å²) in [5.74, 6) is -2.78. The molecule has 1 aromatic rings. The molecule has 7 nitrogen and oxygen atoms in total. The molecule has 8 heteroatoms. The number of amides is 3. The second-order valence-electron chi connectivity index (χ2n) is 12.1. The molecule has 1 saturated carbocycles. The van der Waals surface area contributed by atoms with Gasteiger partial charge in [0.15, 0.2) is 0 Å². The Morgan fingerprint density at radius 3 is 2.54 bits per heavy atom. The number of nitrogens with one attached hydrogen (secondary N) is 2. The van der Waals surface area contributed by atoms with Crippen molar-refractivity contribution in [1.29, 1.82) is 0 Å². The molecule has 2 bridgehead atoms. The van der Waals surface area contributed by atoms with Gasteiger partial charge in [-0.05, 0) is 76.1 Å². The Hall–Kier alpha value is -3.00. The van der Waals surface area contributed by atoms with Crippen LogP contribution in [0.15, 0.2) is 48.1 Å². The van der Waals surface area contributed by atoms with Crippen molar-refractivity contribution in [3.05, 3.63) is 53.9 Å². The third-order valence-electron chi connectivity index (χ3n) is 9.45. The second-order valence-corrected chi connectivity index (χ2v) is 12.1. The van der Waals surface area contributed by atoms with E-state index in [9.17, 15) is 18.8 Å². The standard InChI is InChI=1S/C31H38FN3O4/c1-30-17-18-31(39-30)25(24(30)27(36)33-23-14-12-21(32)13-15-23)29(38)35(19-16-20-8-4-2-5-9-20)26(31)28(37)34-22-10-6-3-7-11-22/h8,12-15,17-18,22,24-26H,2-7,9-11,16,19H2,1H3,(H,33,36)(H,34,37)/t24-,25-,26+,30-,31-/m0/s1. The fourth-order valence-electron chi connectivity index (χ4n) is 7.55. The van der Waals surface area contributed by atoms with Crippen molar-refractivity contribution >= 4 is 23.4 Å². The van der Waals surface area contributed by atoms with Gasteiger partial charge in [0.05, 0.1) is 17.4 Å². The Morgan fingerprint density at radius 2 is 1.82 bits per heavy atom. The van der Waals surface area contributed by atoms with Crippen LogP contribution in [-0.2, 0) is 19.1 Å². The number of likely N-dealkylation sites (tertiary alicyclic amines) is 1. The highest BCUT2D eigenvalue weighted by Gasteiger charge is 2.76. The molecule has 3 amide bonds. The van der Waals surface area contributed by atoms with Gasteiger partial charge in [-0.2, -0.15) is 0 Å². The normalized spacial score (nSPS) is 33.7. The highest BCUT2D eigenvalue weighted by atomic mass is 19.1. The number of nitrogens with zero attached hydrogens (tertiary/aromatic N) is 1. The highest BCUT2D eigenvalue weighted by molar-refractivity contribution is 6.03. The van der Waals surface area contributed by atoms with Crippen LogP contribution in [0.2, 0.25) is 0 Å². The summed E-state index contributed by atoms with van der Waals surface area (Å²) in [5.41, 5.74) is -0.445. The summed E-state index contributed by atoms with van der Waals surface area (Å²) in [6.45, 7) is 2.23. The summed E-state index contributed by atoms with van der Waals surface area (Å²) in [6.07, 6.45) is 16.3. The van der Waals surface area contributed by atoms with E-state index in [1.165, 1.54) is 42.7 Å². The van der Waals surface area contributed by atoms with Crippen LogP contribution in [0.1, 0.15) is 71.1 Å². The Labute approximate surface area is 229 Å². The molecule has 39 heavy (non-hydrogen) atoms. The molecule has 0 unspecified atom stereocenters. The summed E-state index contributed by atoms with van der Waals surface area (Å²) < 4.78 is 20.0. The van der Waals surface area contributed by atoms with E-state index in [1.807, 2.05) is 19.1 Å². The van der Waals surface area contributed by atoms with Crippen LogP contribution in [-0.4, -0.2) is 52.5 Å². The maximum absolute atomic E-state index is 14.2. The first kappa shape index (κ1) is 26.2. The molecule has 208 valence electrons. The average Bonchev–Trinajstić information content (AvgIpc) is 3.50. The van der Waals surface area contributed by atoms with E-state index in [2.05, 4.69) is 16.7 Å². The largest absolute Gasteiger partial charge is 0.356 e. The monoisotopic (exact) mass is 535 g/mol. The van der Waals surface area contributed by atoms with Gasteiger partial charge in [-0.3, -0.25) is 14.4 Å². The van der Waals surface area contributed by atoms with Crippen LogP contribution in [0.3, 0.4) is 0 Å². The Balaban J connectivity index is 1.30. The van der Waals surface area contributed by atoms with Gasteiger partial charge < -0.3 is 20.3 Å². The van der Waals surface area contributed by atoms with E-state index in [1.54, 1.807) is 4.90 Å². The summed E-state index contributed by atoms with van der Waals surface area (Å²) in [5, 5.41) is 6.10. The molecule has 0 radical (unpaired) electrons. The van der Waals surface area contributed by atoms with E-state index in [0.29, 0.717) is 12.2 Å². The van der Waals surface area contributed by atoms with Crippen molar-refractivity contribution < 1.29 is 23.5 Å². The molecular weight excluding hydrogens is 497 g/mol. The first-order valence-electron chi connectivity index (χ1n) is 14.6. The number of anilines is 1. The Morgan fingerprint density at radius 1 is 1.05 bits per heavy atom. The number of hydrogen-bond donors (Lipinski definition) is 2. The van der Waals surface area contributed by atoms with Gasteiger partial charge in [0.2, 0.25) is 17.7 Å². The number of allylic oxidation sites excluding steroid dienone is 1. The number of rotatable bonds is 7. The van der Waals surface area contributed by atoms with Gasteiger partial charge in [-0.25, -0.2) is 4.39 Å². The maximum Gasteiger partial charge on any atom is 0.246 e. The van der Waals surface area contributed by atoms with E-state index in [0.717, 1.165) is 51.4 Å². The molecule has 5 aliphatic rings. The zero-order valence-electron chi connectivity index (χ0n) is 22.6. The lowest BCUT2D eigenvalue weighted by molar-refractivity contribution is -0.144. The minimum atomic E-state index is -1.20. The van der Waals surface area contributed by atoms with E-state index in [4.69, 9.17) is 4.74 Å². The molecule has 6 rings (SSSR count). The van der Waals surface area contributed by atoms with Crippen LogP contribution >= 0.6 is 0 Å². The lowest BCUT2D eigenvalue weighted by Gasteiger charge is -2.35. The van der Waals surface area contributed by atoms with Gasteiger partial charge in [-0.15, -0.1) is 0 Å². The van der Waals surface area contributed by atoms with Gasteiger partial charge in [0.1, 0.15) is 17.5 Å². The lowest BCUT2D eigenvalue weighted by atomic mass is 9.70. The maximum atomic E-state index is 14.2. The fourth-order valence-corrected chi connectivity index (χ4v) is 7.55. The molecule has 2 N–H and O–H groups in total. The molecule has 2 aliphatic carbocycles. The fraction of sp³-hybridized carbons (Fsp3) is 0.581. The molecule has 3 heterocycles. The molecule has 1 spiro atoms. The molecule has 3 fully saturated rings. The first-order chi connectivity index (χ1) is 18.8. The highest BCUT2D eigenvalue weighted by Crippen LogP contribution is 2.60. The summed E-state index contributed by atoms with van der Waals surface area (Å²) >= 11 is 0. The topological polar surface area (TPSA) is 87.7 Å². The van der Waals surface area contributed by atoms with Crippen LogP contribution in [0.25, 0.3) is 0 Å². The lowest BCUT2D eigenvalue weighted by Crippen LogP contribution is -2.56. The number of carbonyl (C=O) groups excluding carboxylic acids is 3. The van der Waals surface area contributed by atoms with E-state index >= 15 is 0 Å². The van der Waals surface area contributed by atoms with Crippen molar-refractivity contribution in [2.45, 2.75) is 94.4 Å². The molecule has 3 aliphatic heterocycles. The summed E-state index contributed by atoms with van der Waals surface area (Å²) in [6, 6.07) is 4.82. The number of ether oxygens (including phenoxy) is 1. The minimum Gasteiger partial charge on any atom is -0.356 e. The van der Waals surface area contributed by atoms with Crippen LogP contribution in [0, 0.1) is 17.7 Å². The summed E-state index contributed by atoms with van der Waals surface area (Å²) in [7, 11) is 0. The SMILES string of the molecule is C[C@@]12C=C[C@]3(O1)[C@H](C(=O)N(CCC1=CCCCC1)[C@@H]3C(=O)NC1CCCCC1)[C@H]2C(=O)Nc1ccc(F)cc1. The van der Waals surface area contributed by atoms with E-state index < -0.39 is 34.9 Å². The smallest absolute Gasteiger partial charge is 0.246 e. The third kappa shape index (κ3) is 4.60. The van der Waals surface area contributed by atoms with Crippen molar-refractivity contribution in [2.24, 2.45) is 11.8 Å². The number of benzene rings is 1. The number of halogens is 1. The summed E-state index contributed by atoms with van der Waals surface area (Å²) in [4.78, 5) is 43.5. The first-order valence-corrected chi connectivity index (χ1v) is 14.6. The quantitative estimate of drug-likeness (QED) is 0.498. The Bertz CT molecular complexity index is 1210. The minimum absolute atomic E-state index is 0.0930. The van der Waals surface area contributed by atoms with E-state index in [-0.39, 0.29) is 23.8 Å². The van der Waals surface area contributed by atoms with Crippen molar-refractivity contribution in [2.75, 3.05) is 11.9 Å². The molecule has 0 aromatic heterocycles. The average molecular weight is 536 g/mol. The molecule has 5 atom stereocenters. The Kier molecular flexibility index (Phi) is 6.86.